The maximum absolute atomic E-state index is 12.3. The molecule has 6 heteroatoms. The molecule has 0 radical (unpaired) electrons. The van der Waals surface area contributed by atoms with Crippen LogP contribution in [0.5, 0.6) is 11.5 Å². The van der Waals surface area contributed by atoms with E-state index in [0.717, 1.165) is 12.0 Å². The molecule has 0 atom stereocenters. The molecular formula is C21H20ClNO3S. The molecule has 1 N–H and O–H groups in total. The molecule has 1 heterocycles. The highest BCUT2D eigenvalue weighted by Crippen LogP contribution is 2.29. The molecule has 3 aromatic rings. The van der Waals surface area contributed by atoms with Crippen LogP contribution >= 0.6 is 22.9 Å². The number of nitrogens with one attached hydrogen (secondary N) is 1. The SMILES string of the molecule is COc1cc(C(=O)NCCc2cccs2)ccc1OCc1ccc(Cl)cc1. The number of hydrogen-bond acceptors (Lipinski definition) is 4. The molecule has 140 valence electrons. The smallest absolute Gasteiger partial charge is 0.251 e. The number of thiophene rings is 1. The van der Waals surface area contributed by atoms with Crippen molar-refractivity contribution in [2.75, 3.05) is 13.7 Å². The second-order valence-corrected chi connectivity index (χ2v) is 7.33. The Bertz CT molecular complexity index is 879. The highest BCUT2D eigenvalue weighted by Gasteiger charge is 2.11. The molecule has 0 saturated carbocycles. The average molecular weight is 402 g/mol. The number of carbonyl (C=O) groups is 1. The molecule has 3 rings (SSSR count). The van der Waals surface area contributed by atoms with Gasteiger partial charge in [0.05, 0.1) is 7.11 Å². The number of ether oxygens (including phenoxy) is 2. The molecule has 4 nitrogen and oxygen atoms in total. The summed E-state index contributed by atoms with van der Waals surface area (Å²) in [5.74, 6) is 0.978. The monoisotopic (exact) mass is 401 g/mol. The van der Waals surface area contributed by atoms with Crippen molar-refractivity contribution in [2.24, 2.45) is 0 Å². The van der Waals surface area contributed by atoms with Gasteiger partial charge in [-0.15, -0.1) is 11.3 Å². The number of methoxy groups -OCH3 is 1. The van der Waals surface area contributed by atoms with Gasteiger partial charge in [0.15, 0.2) is 11.5 Å². The zero-order valence-corrected chi connectivity index (χ0v) is 16.5. The van der Waals surface area contributed by atoms with E-state index in [0.29, 0.717) is 35.2 Å². The second-order valence-electron chi connectivity index (χ2n) is 5.87. The van der Waals surface area contributed by atoms with Gasteiger partial charge in [-0.25, -0.2) is 0 Å². The summed E-state index contributed by atoms with van der Waals surface area (Å²) in [5, 5.41) is 5.65. The molecule has 0 fully saturated rings. The fourth-order valence-corrected chi connectivity index (χ4v) is 3.36. The van der Waals surface area contributed by atoms with Gasteiger partial charge in [-0.3, -0.25) is 4.79 Å². The molecule has 1 aromatic heterocycles. The molecule has 0 bridgehead atoms. The Kier molecular flexibility index (Phi) is 6.74. The number of hydrogen-bond donors (Lipinski definition) is 1. The Hall–Kier alpha value is -2.50. The van der Waals surface area contributed by atoms with Gasteiger partial charge in [-0.05, 0) is 53.8 Å². The van der Waals surface area contributed by atoms with E-state index in [2.05, 4.69) is 11.4 Å². The van der Waals surface area contributed by atoms with Crippen molar-refractivity contribution in [3.05, 3.63) is 81.0 Å². The summed E-state index contributed by atoms with van der Waals surface area (Å²) in [6.07, 6.45) is 0.822. The van der Waals surface area contributed by atoms with Crippen LogP contribution in [0, 0.1) is 0 Å². The van der Waals surface area contributed by atoms with Crippen LogP contribution in [0.2, 0.25) is 5.02 Å². The van der Waals surface area contributed by atoms with Crippen LogP contribution in [0.1, 0.15) is 20.8 Å². The summed E-state index contributed by atoms with van der Waals surface area (Å²) in [5.41, 5.74) is 1.54. The lowest BCUT2D eigenvalue weighted by atomic mass is 10.2. The maximum atomic E-state index is 12.3. The molecule has 0 unspecified atom stereocenters. The number of carbonyl (C=O) groups excluding carboxylic acids is 1. The number of halogens is 1. The van der Waals surface area contributed by atoms with E-state index in [1.165, 1.54) is 4.88 Å². The van der Waals surface area contributed by atoms with E-state index in [1.54, 1.807) is 36.6 Å². The standard InChI is InChI=1S/C21H20ClNO3S/c1-25-20-13-16(21(24)23-11-10-18-3-2-12-27-18)6-9-19(20)26-14-15-4-7-17(22)8-5-15/h2-9,12-13H,10-11,14H2,1H3,(H,23,24). The first-order chi connectivity index (χ1) is 13.2. The van der Waals surface area contributed by atoms with Gasteiger partial charge >= 0.3 is 0 Å². The Morgan fingerprint density at radius 2 is 1.93 bits per heavy atom. The molecule has 0 aliphatic heterocycles. The van der Waals surface area contributed by atoms with Crippen LogP contribution in [0.25, 0.3) is 0 Å². The highest BCUT2D eigenvalue weighted by molar-refractivity contribution is 7.09. The van der Waals surface area contributed by atoms with Crippen LogP contribution in [0.15, 0.2) is 60.0 Å². The normalized spacial score (nSPS) is 10.4. The lowest BCUT2D eigenvalue weighted by Crippen LogP contribution is -2.25. The van der Waals surface area contributed by atoms with Crippen molar-refractivity contribution in [3.8, 4) is 11.5 Å². The van der Waals surface area contributed by atoms with Crippen LogP contribution in [0.4, 0.5) is 0 Å². The third-order valence-corrected chi connectivity index (χ3v) is 5.16. The predicted molar refractivity (Wildman–Crippen MR) is 109 cm³/mol. The van der Waals surface area contributed by atoms with Gasteiger partial charge in [0.2, 0.25) is 0 Å². The first-order valence-electron chi connectivity index (χ1n) is 8.51. The van der Waals surface area contributed by atoms with Crippen molar-refractivity contribution in [1.29, 1.82) is 0 Å². The lowest BCUT2D eigenvalue weighted by molar-refractivity contribution is 0.0953. The largest absolute Gasteiger partial charge is 0.493 e. The number of benzene rings is 2. The summed E-state index contributed by atoms with van der Waals surface area (Å²) in [6.45, 7) is 0.983. The summed E-state index contributed by atoms with van der Waals surface area (Å²) >= 11 is 7.58. The maximum Gasteiger partial charge on any atom is 0.251 e. The number of rotatable bonds is 8. The molecule has 0 saturated heterocycles. The molecule has 2 aromatic carbocycles. The van der Waals surface area contributed by atoms with Crippen molar-refractivity contribution in [3.63, 3.8) is 0 Å². The first kappa shape index (κ1) is 19.3. The zero-order valence-electron chi connectivity index (χ0n) is 14.9. The summed E-state index contributed by atoms with van der Waals surface area (Å²) < 4.78 is 11.2. The highest BCUT2D eigenvalue weighted by atomic mass is 35.5. The van der Waals surface area contributed by atoms with Crippen LogP contribution in [-0.2, 0) is 13.0 Å². The minimum absolute atomic E-state index is 0.130. The Balaban J connectivity index is 1.59. The Morgan fingerprint density at radius 3 is 2.63 bits per heavy atom. The third-order valence-electron chi connectivity index (χ3n) is 3.97. The van der Waals surface area contributed by atoms with Gasteiger partial charge in [0, 0.05) is 22.0 Å². The van der Waals surface area contributed by atoms with E-state index >= 15 is 0 Å². The van der Waals surface area contributed by atoms with Crippen LogP contribution in [-0.4, -0.2) is 19.6 Å². The Morgan fingerprint density at radius 1 is 1.11 bits per heavy atom. The lowest BCUT2D eigenvalue weighted by Gasteiger charge is -2.12. The minimum Gasteiger partial charge on any atom is -0.493 e. The van der Waals surface area contributed by atoms with Gasteiger partial charge in [-0.1, -0.05) is 29.8 Å². The van der Waals surface area contributed by atoms with Gasteiger partial charge in [0.1, 0.15) is 6.61 Å². The molecule has 0 spiro atoms. The van der Waals surface area contributed by atoms with Crippen molar-refractivity contribution >= 4 is 28.8 Å². The quantitative estimate of drug-likeness (QED) is 0.580. The fraction of sp³-hybridized carbons (Fsp3) is 0.190. The molecular weight excluding hydrogens is 382 g/mol. The predicted octanol–water partition coefficient (Wildman–Crippen LogP) is 4.96. The third kappa shape index (κ3) is 5.49. The van der Waals surface area contributed by atoms with E-state index in [4.69, 9.17) is 21.1 Å². The van der Waals surface area contributed by atoms with Crippen LogP contribution < -0.4 is 14.8 Å². The minimum atomic E-state index is -0.130. The zero-order chi connectivity index (χ0) is 19.1. The topological polar surface area (TPSA) is 47.6 Å². The fourth-order valence-electron chi connectivity index (χ4n) is 2.53. The second kappa shape index (κ2) is 9.44. The molecule has 27 heavy (non-hydrogen) atoms. The van der Waals surface area contributed by atoms with Gasteiger partial charge < -0.3 is 14.8 Å². The van der Waals surface area contributed by atoms with Crippen molar-refractivity contribution < 1.29 is 14.3 Å². The summed E-state index contributed by atoms with van der Waals surface area (Å²) in [7, 11) is 1.56. The summed E-state index contributed by atoms with van der Waals surface area (Å²) in [6, 6.07) is 16.7. The van der Waals surface area contributed by atoms with E-state index in [1.807, 2.05) is 35.7 Å². The van der Waals surface area contributed by atoms with Gasteiger partial charge in [0.25, 0.3) is 5.91 Å². The molecule has 0 aliphatic rings. The van der Waals surface area contributed by atoms with E-state index < -0.39 is 0 Å². The summed E-state index contributed by atoms with van der Waals surface area (Å²) in [4.78, 5) is 13.6. The van der Waals surface area contributed by atoms with Crippen molar-refractivity contribution in [2.45, 2.75) is 13.0 Å². The van der Waals surface area contributed by atoms with Crippen LogP contribution in [0.3, 0.4) is 0 Å². The Labute approximate surface area is 167 Å². The van der Waals surface area contributed by atoms with Crippen molar-refractivity contribution in [1.82, 2.24) is 5.32 Å². The molecule has 1 amide bonds. The van der Waals surface area contributed by atoms with E-state index in [-0.39, 0.29) is 5.91 Å². The number of amides is 1. The molecule has 0 aliphatic carbocycles. The van der Waals surface area contributed by atoms with E-state index in [9.17, 15) is 4.79 Å². The average Bonchev–Trinajstić information content (AvgIpc) is 3.21. The first-order valence-corrected chi connectivity index (χ1v) is 9.77. The van der Waals surface area contributed by atoms with Gasteiger partial charge in [-0.2, -0.15) is 0 Å².